The van der Waals surface area contributed by atoms with E-state index in [4.69, 9.17) is 16.3 Å². The maximum atomic E-state index is 11.7. The molecule has 3 N–H and O–H groups in total. The van der Waals surface area contributed by atoms with Gasteiger partial charge in [-0.2, -0.15) is 5.10 Å². The van der Waals surface area contributed by atoms with Gasteiger partial charge < -0.3 is 4.74 Å². The van der Waals surface area contributed by atoms with E-state index in [1.807, 2.05) is 6.92 Å². The minimum absolute atomic E-state index is 0.187. The first-order chi connectivity index (χ1) is 10.5. The first-order valence-corrected chi connectivity index (χ1v) is 6.83. The maximum Gasteiger partial charge on any atom is 0.290 e. The summed E-state index contributed by atoms with van der Waals surface area (Å²) in [5.74, 6) is -0.487. The number of amides is 2. The van der Waals surface area contributed by atoms with E-state index in [1.165, 1.54) is 0 Å². The Kier molecular flexibility index (Phi) is 5.00. The van der Waals surface area contributed by atoms with Gasteiger partial charge in [0.05, 0.1) is 0 Å². The zero-order chi connectivity index (χ0) is 16.1. The second-order valence-corrected chi connectivity index (χ2v) is 5.05. The Morgan fingerprint density at radius 3 is 2.68 bits per heavy atom. The Balaban J connectivity index is 1.78. The topological polar surface area (TPSA) is 96.1 Å². The number of carbonyl (C=O) groups is 2. The van der Waals surface area contributed by atoms with E-state index in [0.717, 1.165) is 11.3 Å². The average Bonchev–Trinajstić information content (AvgIpc) is 2.92. The molecule has 2 aromatic rings. The predicted molar refractivity (Wildman–Crippen MR) is 80.6 cm³/mol. The van der Waals surface area contributed by atoms with Crippen LogP contribution >= 0.6 is 11.6 Å². The molecule has 0 fully saturated rings. The third-order valence-corrected chi connectivity index (χ3v) is 3.18. The molecule has 2 rings (SSSR count). The van der Waals surface area contributed by atoms with Crippen molar-refractivity contribution < 1.29 is 14.3 Å². The third-order valence-electron chi connectivity index (χ3n) is 2.75. The van der Waals surface area contributed by atoms with Crippen LogP contribution in [0.2, 0.25) is 5.02 Å². The van der Waals surface area contributed by atoms with Gasteiger partial charge in [-0.05, 0) is 43.7 Å². The Bertz CT molecular complexity index is 699. The molecule has 8 heteroatoms. The highest BCUT2D eigenvalue weighted by atomic mass is 35.5. The normalized spacial score (nSPS) is 10.1. The zero-order valence-corrected chi connectivity index (χ0v) is 12.8. The number of rotatable bonds is 4. The molecule has 116 valence electrons. The van der Waals surface area contributed by atoms with Crippen LogP contribution in [0, 0.1) is 13.8 Å². The van der Waals surface area contributed by atoms with Crippen molar-refractivity contribution in [3.63, 3.8) is 0 Å². The van der Waals surface area contributed by atoms with E-state index in [9.17, 15) is 9.59 Å². The molecule has 0 spiro atoms. The lowest BCUT2D eigenvalue weighted by atomic mass is 10.2. The summed E-state index contributed by atoms with van der Waals surface area (Å²) in [6.45, 7) is 3.37. The van der Waals surface area contributed by atoms with Crippen LogP contribution in [0.4, 0.5) is 0 Å². The van der Waals surface area contributed by atoms with Crippen molar-refractivity contribution >= 4 is 23.4 Å². The fraction of sp³-hybridized carbons (Fsp3) is 0.214. The van der Waals surface area contributed by atoms with Gasteiger partial charge in [-0.15, -0.1) is 0 Å². The van der Waals surface area contributed by atoms with Gasteiger partial charge in [0, 0.05) is 10.7 Å². The second kappa shape index (κ2) is 6.95. The number of aromatic amines is 1. The van der Waals surface area contributed by atoms with Gasteiger partial charge in [0.1, 0.15) is 5.75 Å². The Labute approximate surface area is 132 Å². The minimum Gasteiger partial charge on any atom is -0.484 e. The molecule has 0 aliphatic heterocycles. The molecule has 22 heavy (non-hydrogen) atoms. The number of H-pyrrole nitrogens is 1. The van der Waals surface area contributed by atoms with Crippen LogP contribution in [0.5, 0.6) is 5.75 Å². The standard InChI is InChI=1S/C14H15ClN4O3/c1-8-5-10(3-4-11(8)15)22-7-13(20)18-19-14(21)12-6-9(2)16-17-12/h3-6H,7H2,1-2H3,(H,16,17)(H,18,20)(H,19,21). The fourth-order valence-corrected chi connectivity index (χ4v) is 1.73. The number of aromatic nitrogens is 2. The summed E-state index contributed by atoms with van der Waals surface area (Å²) in [7, 11) is 0. The van der Waals surface area contributed by atoms with Crippen molar-refractivity contribution in [3.05, 3.63) is 46.2 Å². The molecular formula is C14H15ClN4O3. The van der Waals surface area contributed by atoms with Crippen molar-refractivity contribution in [2.75, 3.05) is 6.61 Å². The molecular weight excluding hydrogens is 308 g/mol. The van der Waals surface area contributed by atoms with E-state index in [2.05, 4.69) is 21.0 Å². The first-order valence-electron chi connectivity index (χ1n) is 6.46. The SMILES string of the molecule is Cc1cc(C(=O)NNC(=O)COc2ccc(Cl)c(C)c2)n[nH]1. The monoisotopic (exact) mass is 322 g/mol. The molecule has 0 unspecified atom stereocenters. The van der Waals surface area contributed by atoms with Gasteiger partial charge in [-0.1, -0.05) is 11.6 Å². The van der Waals surface area contributed by atoms with Crippen LogP contribution in [0.25, 0.3) is 0 Å². The highest BCUT2D eigenvalue weighted by molar-refractivity contribution is 6.31. The van der Waals surface area contributed by atoms with Crippen LogP contribution in [-0.4, -0.2) is 28.6 Å². The summed E-state index contributed by atoms with van der Waals surface area (Å²) in [5, 5.41) is 7.03. The molecule has 1 heterocycles. The second-order valence-electron chi connectivity index (χ2n) is 4.64. The van der Waals surface area contributed by atoms with Gasteiger partial charge >= 0.3 is 0 Å². The highest BCUT2D eigenvalue weighted by Gasteiger charge is 2.10. The van der Waals surface area contributed by atoms with Crippen molar-refractivity contribution in [2.45, 2.75) is 13.8 Å². The molecule has 0 saturated heterocycles. The molecule has 0 bridgehead atoms. The van der Waals surface area contributed by atoms with Gasteiger partial charge in [0.2, 0.25) is 0 Å². The van der Waals surface area contributed by atoms with Crippen molar-refractivity contribution in [1.29, 1.82) is 0 Å². The summed E-state index contributed by atoms with van der Waals surface area (Å²) in [6, 6.07) is 6.63. The van der Waals surface area contributed by atoms with Gasteiger partial charge in [0.15, 0.2) is 12.3 Å². The lowest BCUT2D eigenvalue weighted by Gasteiger charge is -2.09. The number of benzene rings is 1. The summed E-state index contributed by atoms with van der Waals surface area (Å²) >= 11 is 5.90. The molecule has 1 aromatic heterocycles. The predicted octanol–water partition coefficient (Wildman–Crippen LogP) is 1.52. The number of ether oxygens (including phenoxy) is 1. The number of halogens is 1. The minimum atomic E-state index is -0.514. The van der Waals surface area contributed by atoms with Crippen LogP contribution in [0.3, 0.4) is 0 Å². The number of nitrogens with one attached hydrogen (secondary N) is 3. The van der Waals surface area contributed by atoms with Gasteiger partial charge in [-0.25, -0.2) is 0 Å². The van der Waals surface area contributed by atoms with E-state index < -0.39 is 11.8 Å². The number of nitrogens with zero attached hydrogens (tertiary/aromatic N) is 1. The number of carbonyl (C=O) groups excluding carboxylic acids is 2. The molecule has 0 atom stereocenters. The summed E-state index contributed by atoms with van der Waals surface area (Å²) < 4.78 is 5.30. The third kappa shape index (κ3) is 4.23. The van der Waals surface area contributed by atoms with E-state index in [1.54, 1.807) is 31.2 Å². The van der Waals surface area contributed by atoms with E-state index in [-0.39, 0.29) is 12.3 Å². The van der Waals surface area contributed by atoms with Crippen LogP contribution in [0.15, 0.2) is 24.3 Å². The number of aryl methyl sites for hydroxylation is 2. The lowest BCUT2D eigenvalue weighted by Crippen LogP contribution is -2.44. The van der Waals surface area contributed by atoms with Crippen LogP contribution in [0.1, 0.15) is 21.7 Å². The van der Waals surface area contributed by atoms with Crippen molar-refractivity contribution in [1.82, 2.24) is 21.0 Å². The van der Waals surface area contributed by atoms with E-state index >= 15 is 0 Å². The smallest absolute Gasteiger partial charge is 0.290 e. The molecule has 1 aromatic carbocycles. The summed E-state index contributed by atoms with van der Waals surface area (Å²) in [4.78, 5) is 23.3. The molecule has 0 radical (unpaired) electrons. The molecule has 0 aliphatic carbocycles. The first kappa shape index (κ1) is 15.8. The Morgan fingerprint density at radius 2 is 2.05 bits per heavy atom. The van der Waals surface area contributed by atoms with Gasteiger partial charge in [0.25, 0.3) is 11.8 Å². The lowest BCUT2D eigenvalue weighted by molar-refractivity contribution is -0.123. The summed E-state index contributed by atoms with van der Waals surface area (Å²) in [6.07, 6.45) is 0. The zero-order valence-electron chi connectivity index (χ0n) is 12.1. The average molecular weight is 323 g/mol. The van der Waals surface area contributed by atoms with Crippen LogP contribution in [-0.2, 0) is 4.79 Å². The van der Waals surface area contributed by atoms with Gasteiger partial charge in [-0.3, -0.25) is 25.5 Å². The Hall–Kier alpha value is -2.54. The van der Waals surface area contributed by atoms with E-state index in [0.29, 0.717) is 10.8 Å². The number of hydrazine groups is 1. The number of hydrogen-bond donors (Lipinski definition) is 3. The molecule has 0 aliphatic rings. The highest BCUT2D eigenvalue weighted by Crippen LogP contribution is 2.20. The molecule has 2 amide bonds. The van der Waals surface area contributed by atoms with Crippen molar-refractivity contribution in [2.24, 2.45) is 0 Å². The van der Waals surface area contributed by atoms with Crippen molar-refractivity contribution in [3.8, 4) is 5.75 Å². The quantitative estimate of drug-likeness (QED) is 0.744. The van der Waals surface area contributed by atoms with Crippen LogP contribution < -0.4 is 15.6 Å². The maximum absolute atomic E-state index is 11.7. The number of hydrogen-bond acceptors (Lipinski definition) is 4. The molecule has 0 saturated carbocycles. The fourth-order valence-electron chi connectivity index (χ4n) is 1.62. The molecule has 7 nitrogen and oxygen atoms in total. The summed E-state index contributed by atoms with van der Waals surface area (Å²) in [5.41, 5.74) is 6.27. The largest absolute Gasteiger partial charge is 0.484 e. The Morgan fingerprint density at radius 1 is 1.27 bits per heavy atom.